The number of amides is 4. The Bertz CT molecular complexity index is 1400. The number of carbonyl (C=O) groups excluding carboxylic acids is 3. The number of carbonyl (C=O) groups is 3. The molecule has 6 rings (SSSR count). The van der Waals surface area contributed by atoms with Gasteiger partial charge in [-0.15, -0.1) is 0 Å². The molecule has 4 aliphatic rings. The fraction of sp³-hybridized carbons (Fsp3) is 0.452. The summed E-state index contributed by atoms with van der Waals surface area (Å²) < 4.78 is 6.21. The van der Waals surface area contributed by atoms with Crippen LogP contribution < -0.4 is 5.32 Å². The lowest BCUT2D eigenvalue weighted by molar-refractivity contribution is -0.123. The first-order chi connectivity index (χ1) is 19.6. The number of hydrazine groups is 1. The Kier molecular flexibility index (Phi) is 7.63. The van der Waals surface area contributed by atoms with E-state index in [0.717, 1.165) is 61.8 Å². The number of benzene rings is 2. The van der Waals surface area contributed by atoms with Gasteiger partial charge in [0, 0.05) is 62.7 Å². The van der Waals surface area contributed by atoms with Crippen molar-refractivity contribution in [2.75, 3.05) is 45.9 Å². The predicted octanol–water partition coefficient (Wildman–Crippen LogP) is 3.92. The first kappa shape index (κ1) is 27.9. The van der Waals surface area contributed by atoms with Crippen LogP contribution in [0.15, 0.2) is 48.0 Å². The molecule has 0 radical (unpaired) electrons. The Hall–Kier alpha value is -3.24. The molecule has 0 spiro atoms. The van der Waals surface area contributed by atoms with Gasteiger partial charge >= 0.3 is 6.03 Å². The van der Waals surface area contributed by atoms with E-state index < -0.39 is 6.03 Å². The third-order valence-electron chi connectivity index (χ3n) is 8.42. The molecule has 4 aliphatic heterocycles. The lowest BCUT2D eigenvalue weighted by Gasteiger charge is -2.38. The van der Waals surface area contributed by atoms with Crippen LogP contribution in [0.2, 0.25) is 5.02 Å². The van der Waals surface area contributed by atoms with Crippen molar-refractivity contribution in [3.05, 3.63) is 75.3 Å². The van der Waals surface area contributed by atoms with Crippen molar-refractivity contribution >= 4 is 35.0 Å². The molecule has 0 aromatic heterocycles. The molecule has 0 atom stereocenters. The molecule has 0 saturated carbocycles. The van der Waals surface area contributed by atoms with Crippen molar-refractivity contribution in [3.8, 4) is 0 Å². The third-order valence-corrected chi connectivity index (χ3v) is 8.67. The number of piperazine rings is 1. The topological polar surface area (TPSA) is 85.4 Å². The highest BCUT2D eigenvalue weighted by molar-refractivity contribution is 6.30. The van der Waals surface area contributed by atoms with Gasteiger partial charge in [-0.1, -0.05) is 35.9 Å². The lowest BCUT2D eigenvalue weighted by Crippen LogP contribution is -2.56. The number of rotatable bonds is 6. The van der Waals surface area contributed by atoms with E-state index in [0.29, 0.717) is 18.7 Å². The molecule has 0 unspecified atom stereocenters. The second-order valence-electron chi connectivity index (χ2n) is 11.9. The number of hydrogen-bond donors (Lipinski definition) is 1. The van der Waals surface area contributed by atoms with Gasteiger partial charge in [0.15, 0.2) is 0 Å². The molecular weight excluding hydrogens is 542 g/mol. The molecule has 41 heavy (non-hydrogen) atoms. The van der Waals surface area contributed by atoms with Gasteiger partial charge in [-0.3, -0.25) is 24.7 Å². The highest BCUT2D eigenvalue weighted by Crippen LogP contribution is 2.36. The van der Waals surface area contributed by atoms with E-state index in [1.807, 2.05) is 24.3 Å². The maximum Gasteiger partial charge on any atom is 0.342 e. The average Bonchev–Trinajstić information content (AvgIpc) is 3.26. The van der Waals surface area contributed by atoms with Crippen molar-refractivity contribution in [2.24, 2.45) is 0 Å². The van der Waals surface area contributed by atoms with Crippen LogP contribution in [-0.2, 0) is 22.6 Å². The summed E-state index contributed by atoms with van der Waals surface area (Å²) >= 11 is 6.16. The molecule has 4 amide bonds. The van der Waals surface area contributed by atoms with E-state index in [9.17, 15) is 14.4 Å². The van der Waals surface area contributed by atoms with E-state index in [1.54, 1.807) is 0 Å². The molecule has 4 heterocycles. The normalized spacial score (nSPS) is 21.9. The van der Waals surface area contributed by atoms with Crippen LogP contribution in [0.5, 0.6) is 0 Å². The van der Waals surface area contributed by atoms with Gasteiger partial charge in [0.2, 0.25) is 5.91 Å². The quantitative estimate of drug-likeness (QED) is 0.560. The van der Waals surface area contributed by atoms with Crippen molar-refractivity contribution < 1.29 is 19.1 Å². The molecule has 9 nitrogen and oxygen atoms in total. The van der Waals surface area contributed by atoms with Crippen LogP contribution in [0.3, 0.4) is 0 Å². The Morgan fingerprint density at radius 3 is 2.32 bits per heavy atom. The van der Waals surface area contributed by atoms with Gasteiger partial charge < -0.3 is 4.74 Å². The second kappa shape index (κ2) is 11.2. The number of nitrogens with zero attached hydrogens (tertiary/aromatic N) is 4. The zero-order valence-electron chi connectivity index (χ0n) is 23.6. The average molecular weight is 578 g/mol. The standard InChI is InChI=1S/C31H36ClN5O4/c1-31(2)16-27(22-4-6-25(32)7-5-22)24(20-41-31)18-35-13-11-34(12-14-35)17-21-3-8-26-23(15-21)19-37(29(26)39)36-10-9-28(38)33-30(36)40/h3-8,15H,9-14,16-20H2,1-2H3,(H,33,38,40). The summed E-state index contributed by atoms with van der Waals surface area (Å²) in [6.45, 7) is 11.1. The molecule has 2 saturated heterocycles. The molecule has 1 N–H and O–H groups in total. The molecule has 0 bridgehead atoms. The number of ether oxygens (including phenoxy) is 1. The second-order valence-corrected chi connectivity index (χ2v) is 12.4. The highest BCUT2D eigenvalue weighted by atomic mass is 35.5. The first-order valence-electron chi connectivity index (χ1n) is 14.3. The zero-order valence-corrected chi connectivity index (χ0v) is 24.4. The molecular formula is C31H36ClN5O4. The van der Waals surface area contributed by atoms with Crippen LogP contribution in [0.4, 0.5) is 4.79 Å². The summed E-state index contributed by atoms with van der Waals surface area (Å²) in [7, 11) is 0. The maximum atomic E-state index is 13.0. The summed E-state index contributed by atoms with van der Waals surface area (Å²) in [5, 5.41) is 5.83. The van der Waals surface area contributed by atoms with Crippen molar-refractivity contribution in [3.63, 3.8) is 0 Å². The monoisotopic (exact) mass is 577 g/mol. The zero-order chi connectivity index (χ0) is 28.7. The highest BCUT2D eigenvalue weighted by Gasteiger charge is 2.37. The van der Waals surface area contributed by atoms with Gasteiger partial charge in [-0.25, -0.2) is 14.8 Å². The van der Waals surface area contributed by atoms with Crippen molar-refractivity contribution in [2.45, 2.75) is 45.4 Å². The van der Waals surface area contributed by atoms with E-state index in [-0.39, 0.29) is 30.4 Å². The fourth-order valence-corrected chi connectivity index (χ4v) is 6.27. The summed E-state index contributed by atoms with van der Waals surface area (Å²) in [5.74, 6) is -0.514. The van der Waals surface area contributed by atoms with Crippen LogP contribution >= 0.6 is 11.6 Å². The van der Waals surface area contributed by atoms with Gasteiger partial charge in [-0.2, -0.15) is 0 Å². The molecule has 2 aromatic carbocycles. The van der Waals surface area contributed by atoms with E-state index >= 15 is 0 Å². The fourth-order valence-electron chi connectivity index (χ4n) is 6.14. The summed E-state index contributed by atoms with van der Waals surface area (Å²) in [5.41, 5.74) is 6.44. The Morgan fingerprint density at radius 2 is 1.61 bits per heavy atom. The number of imide groups is 1. The van der Waals surface area contributed by atoms with Gasteiger partial charge in [0.25, 0.3) is 5.91 Å². The Balaban J connectivity index is 1.07. The molecule has 2 fully saturated rings. The smallest absolute Gasteiger partial charge is 0.342 e. The number of hydrogen-bond acceptors (Lipinski definition) is 6. The predicted molar refractivity (Wildman–Crippen MR) is 156 cm³/mol. The van der Waals surface area contributed by atoms with Crippen LogP contribution in [0, 0.1) is 0 Å². The van der Waals surface area contributed by atoms with Crippen molar-refractivity contribution in [1.82, 2.24) is 25.1 Å². The Labute approximate surface area is 245 Å². The first-order valence-corrected chi connectivity index (χ1v) is 14.6. The minimum atomic E-state index is -0.542. The molecule has 2 aromatic rings. The number of fused-ring (bicyclic) bond motifs is 1. The summed E-state index contributed by atoms with van der Waals surface area (Å²) in [6, 6.07) is 13.6. The minimum Gasteiger partial charge on any atom is -0.371 e. The summed E-state index contributed by atoms with van der Waals surface area (Å²) in [6.07, 6.45) is 1.07. The van der Waals surface area contributed by atoms with E-state index in [4.69, 9.17) is 16.3 Å². The maximum absolute atomic E-state index is 13.0. The summed E-state index contributed by atoms with van der Waals surface area (Å²) in [4.78, 5) is 41.7. The number of urea groups is 1. The van der Waals surface area contributed by atoms with Crippen LogP contribution in [0.25, 0.3) is 5.57 Å². The molecule has 0 aliphatic carbocycles. The molecule has 10 heteroatoms. The van der Waals surface area contributed by atoms with Crippen LogP contribution in [-0.4, -0.2) is 89.1 Å². The lowest BCUT2D eigenvalue weighted by atomic mass is 9.87. The number of nitrogens with one attached hydrogen (secondary N) is 1. The Morgan fingerprint density at radius 1 is 0.902 bits per heavy atom. The van der Waals surface area contributed by atoms with Crippen LogP contribution in [0.1, 0.15) is 53.7 Å². The van der Waals surface area contributed by atoms with E-state index in [1.165, 1.54) is 26.7 Å². The third kappa shape index (κ3) is 6.04. The van der Waals surface area contributed by atoms with Gasteiger partial charge in [0.1, 0.15) is 0 Å². The minimum absolute atomic E-state index is 0.187. The van der Waals surface area contributed by atoms with Crippen molar-refractivity contribution in [1.29, 1.82) is 0 Å². The number of halogens is 1. The molecule has 216 valence electrons. The van der Waals surface area contributed by atoms with Gasteiger partial charge in [0.05, 0.1) is 25.3 Å². The van der Waals surface area contributed by atoms with E-state index in [2.05, 4.69) is 47.2 Å². The SMILES string of the molecule is CC1(C)CC(c2ccc(Cl)cc2)=C(CN2CCN(Cc3ccc4c(c3)CN(N3CCC(=O)NC3=O)C4=O)CC2)CO1. The largest absolute Gasteiger partial charge is 0.371 e. The van der Waals surface area contributed by atoms with Gasteiger partial charge in [-0.05, 0) is 59.9 Å².